The van der Waals surface area contributed by atoms with Crippen LogP contribution in [0, 0.1) is 0 Å². The first-order valence-corrected chi connectivity index (χ1v) is 11.6. The van der Waals surface area contributed by atoms with Crippen LogP contribution in [0.5, 0.6) is 17.2 Å². The molecule has 180 valence electrons. The molecular weight excluding hydrogens is 456 g/mol. The number of thiazole rings is 1. The molecule has 2 heterocycles. The van der Waals surface area contributed by atoms with E-state index >= 15 is 0 Å². The number of nitrogens with two attached hydrogens (primary N) is 1. The minimum Gasteiger partial charge on any atom is -0.493 e. The Hall–Kier alpha value is -3.50. The van der Waals surface area contributed by atoms with Gasteiger partial charge in [-0.05, 0) is 12.0 Å². The van der Waals surface area contributed by atoms with Crippen molar-refractivity contribution in [2.45, 2.75) is 19.1 Å². The van der Waals surface area contributed by atoms with Crippen LogP contribution in [-0.4, -0.2) is 51.5 Å². The van der Waals surface area contributed by atoms with Gasteiger partial charge < -0.3 is 34.7 Å². The zero-order valence-corrected chi connectivity index (χ0v) is 20.2. The fourth-order valence-electron chi connectivity index (χ4n) is 3.49. The second-order valence-electron chi connectivity index (χ2n) is 7.50. The van der Waals surface area contributed by atoms with Gasteiger partial charge in [-0.15, -0.1) is 0 Å². The molecule has 3 aromatic rings. The molecule has 4 rings (SSSR count). The second-order valence-corrected chi connectivity index (χ2v) is 8.50. The number of benzene rings is 2. The van der Waals surface area contributed by atoms with E-state index in [0.29, 0.717) is 58.8 Å². The molecule has 1 aliphatic heterocycles. The number of aromatic nitrogens is 1. The lowest BCUT2D eigenvalue weighted by atomic mass is 10.2. The Morgan fingerprint density at radius 1 is 1.09 bits per heavy atom. The lowest BCUT2D eigenvalue weighted by Gasteiger charge is -2.14. The van der Waals surface area contributed by atoms with Crippen molar-refractivity contribution < 1.29 is 23.7 Å². The van der Waals surface area contributed by atoms with E-state index < -0.39 is 0 Å². The summed E-state index contributed by atoms with van der Waals surface area (Å²) in [7, 11) is 4.70. The Balaban J connectivity index is 1.38. The largest absolute Gasteiger partial charge is 0.493 e. The number of nitrogens with one attached hydrogen (secondary N) is 1. The van der Waals surface area contributed by atoms with Crippen molar-refractivity contribution in [3.63, 3.8) is 0 Å². The van der Waals surface area contributed by atoms with Crippen LogP contribution in [0.25, 0.3) is 0 Å². The van der Waals surface area contributed by atoms with Crippen molar-refractivity contribution in [1.82, 2.24) is 4.98 Å². The highest BCUT2D eigenvalue weighted by atomic mass is 32.1. The SMILES string of the molecule is COc1cc(Nc2nc(N)c(C3=N[C@H](CCOCc4ccccc4)CO3)s2)cc(OC)c1OC. The van der Waals surface area contributed by atoms with E-state index in [1.165, 1.54) is 11.3 Å². The van der Waals surface area contributed by atoms with Gasteiger partial charge in [-0.2, -0.15) is 0 Å². The lowest BCUT2D eigenvalue weighted by molar-refractivity contribution is 0.111. The van der Waals surface area contributed by atoms with Crippen molar-refractivity contribution in [2.75, 3.05) is 45.6 Å². The lowest BCUT2D eigenvalue weighted by Crippen LogP contribution is -2.10. The molecule has 1 aliphatic rings. The number of nitrogens with zero attached hydrogens (tertiary/aromatic N) is 2. The summed E-state index contributed by atoms with van der Waals surface area (Å²) in [6, 6.07) is 13.7. The highest BCUT2D eigenvalue weighted by Crippen LogP contribution is 2.41. The number of anilines is 3. The van der Waals surface area contributed by atoms with E-state index in [9.17, 15) is 0 Å². The van der Waals surface area contributed by atoms with Crippen molar-refractivity contribution >= 4 is 33.9 Å². The first kappa shape index (κ1) is 23.7. The predicted molar refractivity (Wildman–Crippen MR) is 133 cm³/mol. The van der Waals surface area contributed by atoms with Gasteiger partial charge in [0.15, 0.2) is 16.6 Å². The van der Waals surface area contributed by atoms with E-state index in [1.807, 2.05) is 30.3 Å². The quantitative estimate of drug-likeness (QED) is 0.389. The third-order valence-electron chi connectivity index (χ3n) is 5.18. The standard InChI is InChI=1S/C24H28N4O5S/c1-29-18-11-17(12-19(30-2)20(18)31-3)27-24-28-22(25)21(34-24)23-26-16(14-33-23)9-10-32-13-15-7-5-4-6-8-15/h4-8,11-12,16H,9-10,13-14,25H2,1-3H3,(H,27,28)/t16-/m1/s1. The van der Waals surface area contributed by atoms with Crippen LogP contribution in [0.2, 0.25) is 0 Å². The molecule has 34 heavy (non-hydrogen) atoms. The van der Waals surface area contributed by atoms with Gasteiger partial charge in [-0.25, -0.2) is 9.98 Å². The summed E-state index contributed by atoms with van der Waals surface area (Å²) < 4.78 is 27.8. The molecule has 1 aromatic heterocycles. The summed E-state index contributed by atoms with van der Waals surface area (Å²) in [5, 5.41) is 3.84. The van der Waals surface area contributed by atoms with Crippen LogP contribution >= 0.6 is 11.3 Å². The third-order valence-corrected chi connectivity index (χ3v) is 6.16. The fourth-order valence-corrected chi connectivity index (χ4v) is 4.34. The van der Waals surface area contributed by atoms with E-state index in [1.54, 1.807) is 33.5 Å². The van der Waals surface area contributed by atoms with E-state index in [0.717, 1.165) is 17.7 Å². The zero-order chi connectivity index (χ0) is 23.9. The van der Waals surface area contributed by atoms with Crippen LogP contribution in [0.1, 0.15) is 16.9 Å². The average molecular weight is 485 g/mol. The number of nitrogen functional groups attached to an aromatic ring is 1. The number of hydrogen-bond acceptors (Lipinski definition) is 10. The number of aliphatic imine (C=N–C) groups is 1. The van der Waals surface area contributed by atoms with E-state index in [-0.39, 0.29) is 6.04 Å². The average Bonchev–Trinajstić information content (AvgIpc) is 3.47. The van der Waals surface area contributed by atoms with Gasteiger partial charge in [0.05, 0.1) is 34.0 Å². The van der Waals surface area contributed by atoms with E-state index in [2.05, 4.69) is 15.3 Å². The predicted octanol–water partition coefficient (Wildman–Crippen LogP) is 4.25. The highest BCUT2D eigenvalue weighted by Gasteiger charge is 2.25. The van der Waals surface area contributed by atoms with Crippen LogP contribution in [-0.2, 0) is 16.1 Å². The summed E-state index contributed by atoms with van der Waals surface area (Å²) >= 11 is 1.37. The molecule has 0 bridgehead atoms. The molecule has 1 atom stereocenters. The number of ether oxygens (including phenoxy) is 5. The number of methoxy groups -OCH3 is 3. The third kappa shape index (κ3) is 5.52. The monoisotopic (exact) mass is 484 g/mol. The first-order valence-electron chi connectivity index (χ1n) is 10.8. The molecule has 2 aromatic carbocycles. The molecule has 0 fully saturated rings. The Morgan fingerprint density at radius 3 is 2.50 bits per heavy atom. The normalized spacial score (nSPS) is 14.9. The fraction of sp³-hybridized carbons (Fsp3) is 0.333. The van der Waals surface area contributed by atoms with Gasteiger partial charge in [0.25, 0.3) is 0 Å². The maximum atomic E-state index is 6.17. The van der Waals surface area contributed by atoms with Gasteiger partial charge in [0.2, 0.25) is 11.6 Å². The number of hydrogen-bond donors (Lipinski definition) is 2. The second kappa shape index (κ2) is 11.1. The topological polar surface area (TPSA) is 109 Å². The Kier molecular flexibility index (Phi) is 7.71. The van der Waals surface area contributed by atoms with Crippen molar-refractivity contribution in [1.29, 1.82) is 0 Å². The molecule has 0 radical (unpaired) electrons. The van der Waals surface area contributed by atoms with Crippen molar-refractivity contribution in [3.8, 4) is 17.2 Å². The summed E-state index contributed by atoms with van der Waals surface area (Å²) in [6.45, 7) is 1.69. The maximum absolute atomic E-state index is 6.17. The molecule has 9 nitrogen and oxygen atoms in total. The van der Waals surface area contributed by atoms with Gasteiger partial charge in [0.1, 0.15) is 17.3 Å². The molecule has 0 saturated carbocycles. The molecule has 0 unspecified atom stereocenters. The molecule has 0 saturated heterocycles. The molecular formula is C24H28N4O5S. The summed E-state index contributed by atoms with van der Waals surface area (Å²) in [4.78, 5) is 9.80. The minimum absolute atomic E-state index is 0.0267. The zero-order valence-electron chi connectivity index (χ0n) is 19.4. The molecule has 0 aliphatic carbocycles. The van der Waals surface area contributed by atoms with Crippen LogP contribution in [0.15, 0.2) is 47.5 Å². The smallest absolute Gasteiger partial charge is 0.230 e. The van der Waals surface area contributed by atoms with Gasteiger partial charge in [-0.1, -0.05) is 41.7 Å². The summed E-state index contributed by atoms with van der Waals surface area (Å²) in [5.74, 6) is 2.47. The molecule has 0 amide bonds. The van der Waals surface area contributed by atoms with Gasteiger partial charge >= 0.3 is 0 Å². The molecule has 10 heteroatoms. The maximum Gasteiger partial charge on any atom is 0.230 e. The Morgan fingerprint density at radius 2 is 1.82 bits per heavy atom. The number of rotatable bonds is 11. The van der Waals surface area contributed by atoms with E-state index in [4.69, 9.17) is 29.4 Å². The first-order chi connectivity index (χ1) is 16.6. The molecule has 3 N–H and O–H groups in total. The van der Waals surface area contributed by atoms with Gasteiger partial charge in [0, 0.05) is 24.4 Å². The Bertz CT molecular complexity index is 1110. The van der Waals surface area contributed by atoms with Crippen LogP contribution < -0.4 is 25.3 Å². The van der Waals surface area contributed by atoms with Crippen LogP contribution in [0.3, 0.4) is 0 Å². The molecule has 0 spiro atoms. The van der Waals surface area contributed by atoms with Crippen molar-refractivity contribution in [2.24, 2.45) is 4.99 Å². The van der Waals surface area contributed by atoms with Crippen molar-refractivity contribution in [3.05, 3.63) is 52.9 Å². The van der Waals surface area contributed by atoms with Gasteiger partial charge in [-0.3, -0.25) is 0 Å². The van der Waals surface area contributed by atoms with Crippen LogP contribution in [0.4, 0.5) is 16.6 Å². The minimum atomic E-state index is 0.0267. The summed E-state index contributed by atoms with van der Waals surface area (Å²) in [6.07, 6.45) is 0.769. The Labute approximate surface area is 202 Å². The highest BCUT2D eigenvalue weighted by molar-refractivity contribution is 7.18. The summed E-state index contributed by atoms with van der Waals surface area (Å²) in [5.41, 5.74) is 8.04.